The summed E-state index contributed by atoms with van der Waals surface area (Å²) in [7, 11) is 0. The van der Waals surface area contributed by atoms with Gasteiger partial charge in [0.1, 0.15) is 0 Å². The van der Waals surface area contributed by atoms with Gasteiger partial charge in [-0.3, -0.25) is 4.79 Å². The van der Waals surface area contributed by atoms with E-state index in [1.807, 2.05) is 44.2 Å². The Hall–Kier alpha value is -2.70. The minimum Gasteiger partial charge on any atom is -0.451 e. The molecule has 0 saturated heterocycles. The van der Waals surface area contributed by atoms with Crippen LogP contribution in [0.5, 0.6) is 0 Å². The average molecular weight is 330 g/mol. The molecule has 7 nitrogen and oxygen atoms in total. The number of para-hydroxylation sites is 1. The first kappa shape index (κ1) is 17.7. The van der Waals surface area contributed by atoms with E-state index in [9.17, 15) is 9.59 Å². The predicted molar refractivity (Wildman–Crippen MR) is 88.9 cm³/mol. The summed E-state index contributed by atoms with van der Waals surface area (Å²) in [6.07, 6.45) is 1.85. The van der Waals surface area contributed by atoms with Crippen LogP contribution in [-0.4, -0.2) is 39.5 Å². The summed E-state index contributed by atoms with van der Waals surface area (Å²) in [6, 6.07) is 9.31. The Morgan fingerprint density at radius 1 is 1.25 bits per heavy atom. The highest BCUT2D eigenvalue weighted by Gasteiger charge is 2.19. The molecule has 0 spiro atoms. The monoisotopic (exact) mass is 330 g/mol. The Bertz CT molecular complexity index is 697. The van der Waals surface area contributed by atoms with Crippen LogP contribution in [0.25, 0.3) is 5.69 Å². The molecule has 2 rings (SSSR count). The van der Waals surface area contributed by atoms with Crippen molar-refractivity contribution in [3.63, 3.8) is 0 Å². The number of nitrogens with zero attached hydrogens (tertiary/aromatic N) is 3. The fraction of sp³-hybridized carbons (Fsp3) is 0.412. The number of aromatic nitrogens is 3. The van der Waals surface area contributed by atoms with Crippen LogP contribution >= 0.6 is 0 Å². The molecule has 0 aliphatic carbocycles. The number of amides is 1. The van der Waals surface area contributed by atoms with Gasteiger partial charge in [0.25, 0.3) is 5.91 Å². The fourth-order valence-corrected chi connectivity index (χ4v) is 2.27. The lowest BCUT2D eigenvalue weighted by molar-refractivity contribution is -0.124. The van der Waals surface area contributed by atoms with E-state index in [0.29, 0.717) is 5.69 Å². The van der Waals surface area contributed by atoms with Crippen molar-refractivity contribution in [2.75, 3.05) is 6.61 Å². The summed E-state index contributed by atoms with van der Waals surface area (Å²) in [5.41, 5.74) is 1.29. The van der Waals surface area contributed by atoms with Gasteiger partial charge >= 0.3 is 5.97 Å². The van der Waals surface area contributed by atoms with Gasteiger partial charge in [-0.25, -0.2) is 4.79 Å². The van der Waals surface area contributed by atoms with Crippen molar-refractivity contribution in [2.24, 2.45) is 0 Å². The fourth-order valence-electron chi connectivity index (χ4n) is 2.27. The number of aryl methyl sites for hydroxylation is 1. The highest BCUT2D eigenvalue weighted by molar-refractivity contribution is 5.90. The van der Waals surface area contributed by atoms with E-state index < -0.39 is 5.97 Å². The van der Waals surface area contributed by atoms with Gasteiger partial charge in [-0.1, -0.05) is 31.5 Å². The predicted octanol–water partition coefficient (Wildman–Crippen LogP) is 2.04. The van der Waals surface area contributed by atoms with Crippen molar-refractivity contribution in [3.05, 3.63) is 41.7 Å². The van der Waals surface area contributed by atoms with Crippen LogP contribution in [0.1, 0.15) is 42.9 Å². The second-order valence-electron chi connectivity index (χ2n) is 5.59. The number of esters is 1. The third kappa shape index (κ3) is 4.65. The van der Waals surface area contributed by atoms with E-state index in [2.05, 4.69) is 15.5 Å². The zero-order chi connectivity index (χ0) is 17.5. The molecule has 1 aromatic carbocycles. The average Bonchev–Trinajstić information content (AvgIpc) is 2.95. The first-order chi connectivity index (χ1) is 11.5. The molecule has 0 aliphatic rings. The zero-order valence-electron chi connectivity index (χ0n) is 14.2. The smallest absolute Gasteiger partial charge is 0.361 e. The molecule has 1 atom stereocenters. The minimum atomic E-state index is -0.659. The molecule has 0 fully saturated rings. The van der Waals surface area contributed by atoms with Gasteiger partial charge in [-0.05, 0) is 32.4 Å². The molecule has 0 aliphatic heterocycles. The van der Waals surface area contributed by atoms with Gasteiger partial charge in [-0.15, -0.1) is 5.10 Å². The highest BCUT2D eigenvalue weighted by atomic mass is 16.5. The molecule has 24 heavy (non-hydrogen) atoms. The maximum atomic E-state index is 12.1. The number of ether oxygens (including phenoxy) is 1. The summed E-state index contributed by atoms with van der Waals surface area (Å²) >= 11 is 0. The van der Waals surface area contributed by atoms with Gasteiger partial charge in [0.2, 0.25) is 0 Å². The molecule has 1 N–H and O–H groups in total. The van der Waals surface area contributed by atoms with E-state index in [4.69, 9.17) is 4.74 Å². The third-order valence-corrected chi connectivity index (χ3v) is 3.43. The lowest BCUT2D eigenvalue weighted by Crippen LogP contribution is -2.35. The summed E-state index contributed by atoms with van der Waals surface area (Å²) in [5.74, 6) is -0.981. The zero-order valence-corrected chi connectivity index (χ0v) is 14.2. The maximum Gasteiger partial charge on any atom is 0.361 e. The molecule has 2 aromatic rings. The van der Waals surface area contributed by atoms with Crippen molar-refractivity contribution in [3.8, 4) is 5.69 Å². The lowest BCUT2D eigenvalue weighted by Gasteiger charge is -2.12. The Morgan fingerprint density at radius 2 is 1.96 bits per heavy atom. The Labute approximate surface area is 141 Å². The van der Waals surface area contributed by atoms with Gasteiger partial charge in [0.15, 0.2) is 12.3 Å². The second kappa shape index (κ2) is 8.24. The number of carbonyl (C=O) groups excluding carboxylic acids is 2. The molecule has 0 bridgehead atoms. The summed E-state index contributed by atoms with van der Waals surface area (Å²) in [6.45, 7) is 5.30. The standard InChI is InChI=1S/C17H22N4O3/c1-4-8-12(2)18-15(22)11-24-17(23)16-13(3)19-21(20-16)14-9-6-5-7-10-14/h5-7,9-10,12H,4,8,11H2,1-3H3,(H,18,22)/t12-/m1/s1. The molecular weight excluding hydrogens is 308 g/mol. The number of nitrogens with one attached hydrogen (secondary N) is 1. The SMILES string of the molecule is CCC[C@@H](C)NC(=O)COC(=O)c1nn(-c2ccccc2)nc1C. The van der Waals surface area contributed by atoms with E-state index in [1.54, 1.807) is 6.92 Å². The summed E-state index contributed by atoms with van der Waals surface area (Å²) < 4.78 is 5.03. The second-order valence-corrected chi connectivity index (χ2v) is 5.59. The van der Waals surface area contributed by atoms with Crippen molar-refractivity contribution in [1.82, 2.24) is 20.3 Å². The molecule has 7 heteroatoms. The van der Waals surface area contributed by atoms with Crippen molar-refractivity contribution < 1.29 is 14.3 Å². The summed E-state index contributed by atoms with van der Waals surface area (Å²) in [4.78, 5) is 25.2. The van der Waals surface area contributed by atoms with Crippen LogP contribution in [0.15, 0.2) is 30.3 Å². The topological polar surface area (TPSA) is 86.1 Å². The molecular formula is C17H22N4O3. The van der Waals surface area contributed by atoms with E-state index in [0.717, 1.165) is 18.5 Å². The molecule has 1 heterocycles. The molecule has 1 amide bonds. The van der Waals surface area contributed by atoms with Gasteiger partial charge in [0.05, 0.1) is 11.4 Å². The maximum absolute atomic E-state index is 12.1. The van der Waals surface area contributed by atoms with Crippen LogP contribution in [0.2, 0.25) is 0 Å². The number of hydrogen-bond donors (Lipinski definition) is 1. The number of rotatable bonds is 7. The Balaban J connectivity index is 1.96. The normalized spacial score (nSPS) is 11.8. The Kier molecular flexibility index (Phi) is 6.06. The van der Waals surface area contributed by atoms with Crippen molar-refractivity contribution in [1.29, 1.82) is 0 Å². The van der Waals surface area contributed by atoms with Crippen LogP contribution in [-0.2, 0) is 9.53 Å². The molecule has 128 valence electrons. The van der Waals surface area contributed by atoms with Crippen LogP contribution < -0.4 is 5.32 Å². The Morgan fingerprint density at radius 3 is 2.62 bits per heavy atom. The number of carbonyl (C=O) groups is 2. The van der Waals surface area contributed by atoms with Crippen LogP contribution in [0.3, 0.4) is 0 Å². The van der Waals surface area contributed by atoms with E-state index in [-0.39, 0.29) is 24.2 Å². The van der Waals surface area contributed by atoms with Gasteiger partial charge < -0.3 is 10.1 Å². The molecule has 0 saturated carbocycles. The first-order valence-electron chi connectivity index (χ1n) is 7.97. The van der Waals surface area contributed by atoms with Crippen molar-refractivity contribution in [2.45, 2.75) is 39.7 Å². The number of benzene rings is 1. The third-order valence-electron chi connectivity index (χ3n) is 3.43. The molecule has 0 unspecified atom stereocenters. The van der Waals surface area contributed by atoms with Crippen LogP contribution in [0, 0.1) is 6.92 Å². The lowest BCUT2D eigenvalue weighted by atomic mass is 10.2. The van der Waals surface area contributed by atoms with Crippen LogP contribution in [0.4, 0.5) is 0 Å². The number of hydrogen-bond acceptors (Lipinski definition) is 5. The molecule has 0 radical (unpaired) electrons. The van der Waals surface area contributed by atoms with Gasteiger partial charge in [-0.2, -0.15) is 9.90 Å². The van der Waals surface area contributed by atoms with E-state index in [1.165, 1.54) is 4.80 Å². The quantitative estimate of drug-likeness (QED) is 0.785. The van der Waals surface area contributed by atoms with E-state index >= 15 is 0 Å². The summed E-state index contributed by atoms with van der Waals surface area (Å²) in [5, 5.41) is 11.1. The van der Waals surface area contributed by atoms with Crippen molar-refractivity contribution >= 4 is 11.9 Å². The first-order valence-corrected chi connectivity index (χ1v) is 7.97. The van der Waals surface area contributed by atoms with Gasteiger partial charge in [0, 0.05) is 6.04 Å². The minimum absolute atomic E-state index is 0.0573. The highest BCUT2D eigenvalue weighted by Crippen LogP contribution is 2.09. The molecule has 1 aromatic heterocycles. The largest absolute Gasteiger partial charge is 0.451 e.